The van der Waals surface area contributed by atoms with Crippen LogP contribution in [0.2, 0.25) is 0 Å². The summed E-state index contributed by atoms with van der Waals surface area (Å²) in [4.78, 5) is 0. The number of alkyl halides is 2. The van der Waals surface area contributed by atoms with Crippen LogP contribution in [0.3, 0.4) is 0 Å². The highest BCUT2D eigenvalue weighted by Gasteiger charge is 2.09. The largest absolute Gasteiger partial charge is 0.122 e. The molecule has 0 heterocycles. The molecule has 1 rings (SSSR count). The van der Waals surface area contributed by atoms with Crippen molar-refractivity contribution in [1.82, 2.24) is 0 Å². The van der Waals surface area contributed by atoms with E-state index in [1.165, 1.54) is 11.1 Å². The molecule has 1 unspecified atom stereocenters. The third kappa shape index (κ3) is 3.29. The maximum Gasteiger partial charge on any atom is 0.0473 e. The van der Waals surface area contributed by atoms with Crippen molar-refractivity contribution in [3.05, 3.63) is 35.4 Å². The minimum atomic E-state index is 0.190. The van der Waals surface area contributed by atoms with Gasteiger partial charge in [-0.25, -0.2) is 0 Å². The van der Waals surface area contributed by atoms with Crippen LogP contribution < -0.4 is 0 Å². The van der Waals surface area contributed by atoms with Crippen LogP contribution in [0.15, 0.2) is 24.3 Å². The monoisotopic (exact) mass is 274 g/mol. The molecule has 2 heteroatoms. The first-order valence-electron chi connectivity index (χ1n) is 4.93. The van der Waals surface area contributed by atoms with E-state index in [1.54, 1.807) is 0 Å². The van der Waals surface area contributed by atoms with E-state index in [4.69, 9.17) is 11.6 Å². The molecule has 1 atom stereocenters. The lowest BCUT2D eigenvalue weighted by Gasteiger charge is -2.14. The highest BCUT2D eigenvalue weighted by atomic mass is 79.9. The number of hydrogen-bond acceptors (Lipinski definition) is 0. The van der Waals surface area contributed by atoms with Gasteiger partial charge in [-0.05, 0) is 23.5 Å². The van der Waals surface area contributed by atoms with Crippen molar-refractivity contribution < 1.29 is 0 Å². The Hall–Kier alpha value is -0.0100. The van der Waals surface area contributed by atoms with Gasteiger partial charge in [0.15, 0.2) is 0 Å². The Kier molecular flexibility index (Phi) is 4.97. The molecule has 0 aliphatic heterocycles. The van der Waals surface area contributed by atoms with Crippen LogP contribution in [-0.4, -0.2) is 10.7 Å². The van der Waals surface area contributed by atoms with Crippen molar-refractivity contribution in [2.75, 3.05) is 5.33 Å². The molecule has 1 aromatic carbocycles. The van der Waals surface area contributed by atoms with Crippen LogP contribution in [0.5, 0.6) is 0 Å². The van der Waals surface area contributed by atoms with Gasteiger partial charge < -0.3 is 0 Å². The second-order valence-electron chi connectivity index (χ2n) is 3.81. The number of rotatable bonds is 4. The first-order valence-corrected chi connectivity index (χ1v) is 6.48. The van der Waals surface area contributed by atoms with E-state index < -0.39 is 0 Å². The second kappa shape index (κ2) is 5.77. The van der Waals surface area contributed by atoms with Crippen molar-refractivity contribution in [1.29, 1.82) is 0 Å². The standard InChI is InChI=1S/C12H16BrCl/c1-9(2)12-6-4-3-5-10(12)7-11(14)8-13/h3-6,9,11H,7-8H2,1-2H3. The van der Waals surface area contributed by atoms with Crippen molar-refractivity contribution >= 4 is 27.5 Å². The summed E-state index contributed by atoms with van der Waals surface area (Å²) in [6, 6.07) is 8.54. The molecule has 0 spiro atoms. The van der Waals surface area contributed by atoms with Gasteiger partial charge in [0, 0.05) is 10.7 Å². The van der Waals surface area contributed by atoms with Crippen LogP contribution in [0.1, 0.15) is 30.9 Å². The summed E-state index contributed by atoms with van der Waals surface area (Å²) in [5.41, 5.74) is 2.79. The fraction of sp³-hybridized carbons (Fsp3) is 0.500. The molecule has 0 saturated carbocycles. The Morgan fingerprint density at radius 1 is 1.29 bits per heavy atom. The fourth-order valence-corrected chi connectivity index (χ4v) is 1.97. The average Bonchev–Trinajstić information content (AvgIpc) is 2.18. The molecule has 0 amide bonds. The Labute approximate surface area is 99.8 Å². The summed E-state index contributed by atoms with van der Waals surface area (Å²) in [7, 11) is 0. The summed E-state index contributed by atoms with van der Waals surface area (Å²) < 4.78 is 0. The van der Waals surface area contributed by atoms with Crippen LogP contribution in [0, 0.1) is 0 Å². The molecule has 78 valence electrons. The summed E-state index contributed by atoms with van der Waals surface area (Å²) in [6.45, 7) is 4.44. The maximum absolute atomic E-state index is 6.13. The average molecular weight is 276 g/mol. The summed E-state index contributed by atoms with van der Waals surface area (Å²) in [5, 5.41) is 1.04. The first-order chi connectivity index (χ1) is 6.65. The highest BCUT2D eigenvalue weighted by Crippen LogP contribution is 2.21. The first kappa shape index (κ1) is 12.1. The third-order valence-corrected chi connectivity index (χ3v) is 3.75. The molecule has 0 aromatic heterocycles. The van der Waals surface area contributed by atoms with Gasteiger partial charge in [-0.3, -0.25) is 0 Å². The molecule has 1 aromatic rings. The van der Waals surface area contributed by atoms with E-state index in [0.717, 1.165) is 11.8 Å². The fourth-order valence-electron chi connectivity index (χ4n) is 1.58. The Morgan fingerprint density at radius 3 is 2.50 bits per heavy atom. The minimum Gasteiger partial charge on any atom is -0.122 e. The zero-order valence-electron chi connectivity index (χ0n) is 8.63. The van der Waals surface area contributed by atoms with Gasteiger partial charge in [0.1, 0.15) is 0 Å². The SMILES string of the molecule is CC(C)c1ccccc1CC(Cl)CBr. The zero-order chi connectivity index (χ0) is 10.6. The van der Waals surface area contributed by atoms with E-state index in [9.17, 15) is 0 Å². The van der Waals surface area contributed by atoms with Crippen LogP contribution in [-0.2, 0) is 6.42 Å². The van der Waals surface area contributed by atoms with Crippen molar-refractivity contribution in [2.45, 2.75) is 31.6 Å². The van der Waals surface area contributed by atoms with Crippen molar-refractivity contribution in [2.24, 2.45) is 0 Å². The van der Waals surface area contributed by atoms with E-state index in [2.05, 4.69) is 54.0 Å². The minimum absolute atomic E-state index is 0.190. The quantitative estimate of drug-likeness (QED) is 0.717. The van der Waals surface area contributed by atoms with E-state index in [-0.39, 0.29) is 5.38 Å². The maximum atomic E-state index is 6.13. The molecule has 14 heavy (non-hydrogen) atoms. The molecule has 0 radical (unpaired) electrons. The van der Waals surface area contributed by atoms with Gasteiger partial charge >= 0.3 is 0 Å². The lowest BCUT2D eigenvalue weighted by atomic mass is 9.95. The number of benzene rings is 1. The lowest BCUT2D eigenvalue weighted by molar-refractivity contribution is 0.827. The molecule has 0 nitrogen and oxygen atoms in total. The van der Waals surface area contributed by atoms with Gasteiger partial charge in [0.25, 0.3) is 0 Å². The van der Waals surface area contributed by atoms with Crippen molar-refractivity contribution in [3.8, 4) is 0 Å². The van der Waals surface area contributed by atoms with Gasteiger partial charge in [0.2, 0.25) is 0 Å². The topological polar surface area (TPSA) is 0 Å². The third-order valence-electron chi connectivity index (χ3n) is 2.29. The molecule has 0 aliphatic rings. The smallest absolute Gasteiger partial charge is 0.0473 e. The number of hydrogen-bond donors (Lipinski definition) is 0. The number of halogens is 2. The van der Waals surface area contributed by atoms with Crippen LogP contribution in [0.25, 0.3) is 0 Å². The van der Waals surface area contributed by atoms with E-state index >= 15 is 0 Å². The molecule has 0 aliphatic carbocycles. The predicted molar refractivity (Wildman–Crippen MR) is 67.7 cm³/mol. The Morgan fingerprint density at radius 2 is 1.93 bits per heavy atom. The highest BCUT2D eigenvalue weighted by molar-refractivity contribution is 9.09. The molecule has 0 fully saturated rings. The second-order valence-corrected chi connectivity index (χ2v) is 5.07. The van der Waals surface area contributed by atoms with Gasteiger partial charge in [-0.2, -0.15) is 0 Å². The summed E-state index contributed by atoms with van der Waals surface area (Å²) >= 11 is 9.53. The van der Waals surface area contributed by atoms with Crippen LogP contribution in [0.4, 0.5) is 0 Å². The molecule has 0 saturated heterocycles. The van der Waals surface area contributed by atoms with Gasteiger partial charge in [-0.1, -0.05) is 54.0 Å². The van der Waals surface area contributed by atoms with Crippen LogP contribution >= 0.6 is 27.5 Å². The van der Waals surface area contributed by atoms with E-state index in [1.807, 2.05) is 0 Å². The Bertz CT molecular complexity index is 283. The van der Waals surface area contributed by atoms with Gasteiger partial charge in [-0.15, -0.1) is 11.6 Å². The predicted octanol–water partition coefficient (Wildman–Crippen LogP) is 4.35. The van der Waals surface area contributed by atoms with Gasteiger partial charge in [0.05, 0.1) is 0 Å². The Balaban J connectivity index is 2.84. The normalized spacial score (nSPS) is 13.2. The summed E-state index contributed by atoms with van der Waals surface area (Å²) in [5.74, 6) is 0.574. The molecule has 0 bridgehead atoms. The molecular formula is C12H16BrCl. The molecular weight excluding hydrogens is 259 g/mol. The molecule has 0 N–H and O–H groups in total. The zero-order valence-corrected chi connectivity index (χ0v) is 11.0. The lowest BCUT2D eigenvalue weighted by Crippen LogP contribution is -2.07. The van der Waals surface area contributed by atoms with Crippen molar-refractivity contribution in [3.63, 3.8) is 0 Å². The summed E-state index contributed by atoms with van der Waals surface area (Å²) in [6.07, 6.45) is 0.946. The van der Waals surface area contributed by atoms with E-state index in [0.29, 0.717) is 5.92 Å².